The molecule has 0 spiro atoms. The molecule has 1 unspecified atom stereocenters. The summed E-state index contributed by atoms with van der Waals surface area (Å²) in [6.07, 6.45) is 6.73. The summed E-state index contributed by atoms with van der Waals surface area (Å²) in [4.78, 5) is 12.9. The predicted molar refractivity (Wildman–Crippen MR) is 125 cm³/mol. The fourth-order valence-electron chi connectivity index (χ4n) is 2.66. The first kappa shape index (κ1) is 20.4. The monoisotopic (exact) mass is 504 g/mol. The molecule has 28 heavy (non-hydrogen) atoms. The van der Waals surface area contributed by atoms with Crippen molar-refractivity contribution < 1.29 is 13.7 Å². The summed E-state index contributed by atoms with van der Waals surface area (Å²) in [6.45, 7) is 8.09. The van der Waals surface area contributed by atoms with E-state index in [9.17, 15) is 4.79 Å². The van der Waals surface area contributed by atoms with Gasteiger partial charge in [-0.05, 0) is 57.4 Å². The number of allylic oxidation sites excluding steroid dienone is 2. The van der Waals surface area contributed by atoms with E-state index in [0.29, 0.717) is 41.1 Å². The maximum absolute atomic E-state index is 12.9. The number of rotatable bonds is 8. The predicted octanol–water partition coefficient (Wildman–Crippen LogP) is 6.46. The van der Waals surface area contributed by atoms with Crippen molar-refractivity contribution in [3.05, 3.63) is 95.9 Å². The van der Waals surface area contributed by atoms with E-state index in [1.807, 2.05) is 30.3 Å². The Morgan fingerprint density at radius 3 is 2.79 bits per heavy atom. The van der Waals surface area contributed by atoms with Gasteiger partial charge in [0.05, 0.1) is 10.9 Å². The fraction of sp³-hybridized carbons (Fsp3) is 0.0455. The van der Waals surface area contributed by atoms with Crippen molar-refractivity contribution in [2.45, 2.75) is 0 Å². The third kappa shape index (κ3) is 4.72. The number of benzene rings is 2. The molecule has 4 nitrogen and oxygen atoms in total. The molecular formula is C22H18IO4P. The minimum Gasteiger partial charge on any atom is -0.489 e. The molecule has 142 valence electrons. The van der Waals surface area contributed by atoms with Crippen molar-refractivity contribution in [1.29, 1.82) is 0 Å². The van der Waals surface area contributed by atoms with Crippen LogP contribution in [0.25, 0.3) is 22.1 Å². The average Bonchev–Trinajstić information content (AvgIpc) is 2.72. The lowest BCUT2D eigenvalue weighted by Gasteiger charge is -2.09. The van der Waals surface area contributed by atoms with Crippen LogP contribution >= 0.6 is 28.5 Å². The summed E-state index contributed by atoms with van der Waals surface area (Å²) < 4.78 is 17.0. The van der Waals surface area contributed by atoms with Crippen LogP contribution in [0.4, 0.5) is 0 Å². The second kappa shape index (κ2) is 9.71. The molecule has 0 aliphatic rings. The molecule has 1 atom stereocenters. The summed E-state index contributed by atoms with van der Waals surface area (Å²) >= 11 is 2.14. The highest BCUT2D eigenvalue weighted by atomic mass is 127. The summed E-state index contributed by atoms with van der Waals surface area (Å²) in [7, 11) is 0. The molecule has 3 rings (SSSR count). The Morgan fingerprint density at radius 1 is 1.18 bits per heavy atom. The first-order valence-electron chi connectivity index (χ1n) is 8.41. The highest BCUT2D eigenvalue weighted by Gasteiger charge is 2.11. The van der Waals surface area contributed by atoms with Crippen LogP contribution < -0.4 is 14.7 Å². The van der Waals surface area contributed by atoms with Gasteiger partial charge in [0.25, 0.3) is 0 Å². The maximum atomic E-state index is 12.9. The van der Waals surface area contributed by atoms with Gasteiger partial charge in [-0.1, -0.05) is 43.5 Å². The molecule has 1 aromatic heterocycles. The molecule has 0 N–H and O–H groups in total. The molecule has 3 aromatic rings. The zero-order chi connectivity index (χ0) is 19.9. The van der Waals surface area contributed by atoms with E-state index in [0.717, 1.165) is 11.1 Å². The molecular weight excluding hydrogens is 486 g/mol. The third-order valence-corrected chi connectivity index (χ3v) is 5.02. The van der Waals surface area contributed by atoms with Crippen LogP contribution in [0.5, 0.6) is 11.5 Å². The van der Waals surface area contributed by atoms with E-state index in [1.54, 1.807) is 30.4 Å². The summed E-state index contributed by atoms with van der Waals surface area (Å²) in [6, 6.07) is 12.6. The molecule has 0 fully saturated rings. The molecule has 0 radical (unpaired) electrons. The maximum Gasteiger partial charge on any atom is 0.200 e. The molecule has 2 aromatic carbocycles. The number of halogens is 1. The highest BCUT2D eigenvalue weighted by Crippen LogP contribution is 2.30. The number of fused-ring (bicyclic) bond motifs is 1. The Balaban J connectivity index is 1.92. The topological polar surface area (TPSA) is 48.7 Å². The quantitative estimate of drug-likeness (QED) is 0.201. The number of hydrogen-bond donors (Lipinski definition) is 0. The van der Waals surface area contributed by atoms with Crippen molar-refractivity contribution >= 4 is 39.5 Å². The van der Waals surface area contributed by atoms with Crippen molar-refractivity contribution in [1.82, 2.24) is 0 Å². The van der Waals surface area contributed by atoms with Crippen LogP contribution in [-0.2, 0) is 0 Å². The molecule has 0 saturated carbocycles. The van der Waals surface area contributed by atoms with Gasteiger partial charge in [0.2, 0.25) is 0 Å². The Morgan fingerprint density at radius 2 is 2.04 bits per heavy atom. The lowest BCUT2D eigenvalue weighted by Crippen LogP contribution is -2.05. The van der Waals surface area contributed by atoms with Gasteiger partial charge in [0.1, 0.15) is 36.4 Å². The largest absolute Gasteiger partial charge is 0.489 e. The van der Waals surface area contributed by atoms with E-state index in [2.05, 4.69) is 35.2 Å². The number of ether oxygens (including phenoxy) is 1. The zero-order valence-corrected chi connectivity index (χ0v) is 18.1. The average molecular weight is 504 g/mol. The standard InChI is InChI=1S/C22H18IO4P/c1-3-6-15(4-2)13-25-17-8-5-7-16(11-17)20-14-26-21-12-18(27-28-23)9-10-19(21)22(20)24/h3-12,14,28H,1-2,13H2/b15-6+. The van der Waals surface area contributed by atoms with Gasteiger partial charge in [0, 0.05) is 6.07 Å². The van der Waals surface area contributed by atoms with Gasteiger partial charge in [-0.2, -0.15) is 0 Å². The first-order valence-corrected chi connectivity index (χ1v) is 12.4. The van der Waals surface area contributed by atoms with Gasteiger partial charge in [-0.25, -0.2) is 0 Å². The van der Waals surface area contributed by atoms with Crippen LogP contribution in [0.3, 0.4) is 0 Å². The van der Waals surface area contributed by atoms with Gasteiger partial charge >= 0.3 is 0 Å². The number of hydrogen-bond acceptors (Lipinski definition) is 4. The van der Waals surface area contributed by atoms with E-state index < -0.39 is 0 Å². The SMILES string of the molecule is C=C/C=C(\C=C)COc1cccc(-c2coc3cc(OPI)ccc3c2=O)c1. The van der Waals surface area contributed by atoms with Crippen LogP contribution in [0, 0.1) is 0 Å². The Hall–Kier alpha value is -2.37. The Kier molecular flexibility index (Phi) is 7.06. The van der Waals surface area contributed by atoms with Crippen molar-refractivity contribution in [3.63, 3.8) is 0 Å². The molecule has 0 bridgehead atoms. The molecule has 0 amide bonds. The van der Waals surface area contributed by atoms with E-state index in [4.69, 9.17) is 13.7 Å². The molecule has 1 heterocycles. The normalized spacial score (nSPS) is 11.7. The van der Waals surface area contributed by atoms with Gasteiger partial charge in [-0.15, -0.1) is 0 Å². The summed E-state index contributed by atoms with van der Waals surface area (Å²) in [5, 5.41) is 0.510. The van der Waals surface area contributed by atoms with Crippen LogP contribution in [-0.4, -0.2) is 6.61 Å². The lowest BCUT2D eigenvalue weighted by molar-refractivity contribution is 0.356. The van der Waals surface area contributed by atoms with Crippen molar-refractivity contribution in [3.8, 4) is 22.6 Å². The van der Waals surface area contributed by atoms with Crippen molar-refractivity contribution in [2.75, 3.05) is 6.61 Å². The van der Waals surface area contributed by atoms with Crippen LogP contribution in [0.1, 0.15) is 0 Å². The summed E-state index contributed by atoms with van der Waals surface area (Å²) in [5.41, 5.74) is 2.53. The Bertz CT molecular complexity index is 1100. The molecule has 0 saturated heterocycles. The summed E-state index contributed by atoms with van der Waals surface area (Å²) in [5.74, 6) is 1.33. The highest BCUT2D eigenvalue weighted by molar-refractivity contribution is 14.2. The van der Waals surface area contributed by atoms with Crippen LogP contribution in [0.15, 0.2) is 94.9 Å². The minimum absolute atomic E-state index is 0.0970. The van der Waals surface area contributed by atoms with E-state index in [1.165, 1.54) is 6.26 Å². The van der Waals surface area contributed by atoms with Crippen molar-refractivity contribution in [2.24, 2.45) is 0 Å². The molecule has 0 aliphatic heterocycles. The fourth-order valence-corrected chi connectivity index (χ4v) is 3.64. The van der Waals surface area contributed by atoms with Crippen LogP contribution in [0.2, 0.25) is 0 Å². The lowest BCUT2D eigenvalue weighted by atomic mass is 10.1. The van der Waals surface area contributed by atoms with Gasteiger partial charge in [-0.3, -0.25) is 4.79 Å². The van der Waals surface area contributed by atoms with E-state index >= 15 is 0 Å². The third-order valence-electron chi connectivity index (χ3n) is 4.05. The first-order chi connectivity index (χ1) is 13.7. The molecule has 0 aliphatic carbocycles. The van der Waals surface area contributed by atoms with Gasteiger partial charge < -0.3 is 13.7 Å². The molecule has 6 heteroatoms. The zero-order valence-electron chi connectivity index (χ0n) is 15.0. The van der Waals surface area contributed by atoms with Gasteiger partial charge in [0.15, 0.2) is 5.43 Å². The smallest absolute Gasteiger partial charge is 0.200 e. The Labute approximate surface area is 177 Å². The second-order valence-corrected chi connectivity index (χ2v) is 7.49. The second-order valence-electron chi connectivity index (χ2n) is 5.81. The van der Waals surface area contributed by atoms with E-state index in [-0.39, 0.29) is 5.43 Å². The minimum atomic E-state index is -0.0970.